The molecule has 1 aliphatic carbocycles. The maximum absolute atomic E-state index is 13.2. The van der Waals surface area contributed by atoms with E-state index < -0.39 is 5.82 Å². The van der Waals surface area contributed by atoms with Crippen LogP contribution in [0.15, 0.2) is 12.1 Å². The number of pyridine rings is 1. The van der Waals surface area contributed by atoms with E-state index in [2.05, 4.69) is 4.98 Å². The molecule has 0 radical (unpaired) electrons. The highest BCUT2D eigenvalue weighted by Crippen LogP contribution is 2.27. The quantitative estimate of drug-likeness (QED) is 0.782. The zero-order valence-corrected chi connectivity index (χ0v) is 10.8. The Morgan fingerprint density at radius 1 is 1.28 bits per heavy atom. The predicted octanol–water partition coefficient (Wildman–Crippen LogP) is 4.12. The van der Waals surface area contributed by atoms with E-state index in [1.807, 2.05) is 0 Å². The molecule has 0 amide bonds. The smallest absolute Gasteiger partial charge is 0.150 e. The highest BCUT2D eigenvalue weighted by Gasteiger charge is 2.13. The van der Waals surface area contributed by atoms with Gasteiger partial charge >= 0.3 is 0 Å². The van der Waals surface area contributed by atoms with Crippen LogP contribution < -0.4 is 0 Å². The van der Waals surface area contributed by atoms with Crippen LogP contribution in [0.3, 0.4) is 0 Å². The van der Waals surface area contributed by atoms with Crippen molar-refractivity contribution in [1.82, 2.24) is 4.98 Å². The van der Waals surface area contributed by atoms with Gasteiger partial charge in [-0.05, 0) is 30.9 Å². The number of hydrogen-bond acceptors (Lipinski definition) is 2. The van der Waals surface area contributed by atoms with E-state index in [-0.39, 0.29) is 5.69 Å². The molecule has 1 saturated carbocycles. The van der Waals surface area contributed by atoms with Gasteiger partial charge in [-0.2, -0.15) is 0 Å². The molecule has 3 heteroatoms. The van der Waals surface area contributed by atoms with Crippen LogP contribution in [0.4, 0.5) is 4.39 Å². The first-order valence-electron chi connectivity index (χ1n) is 6.95. The summed E-state index contributed by atoms with van der Waals surface area (Å²) in [5.74, 6) is 0.488. The monoisotopic (exact) mass is 248 g/mol. The van der Waals surface area contributed by atoms with Crippen LogP contribution in [-0.4, -0.2) is 11.2 Å². The zero-order chi connectivity index (χ0) is 12.8. The number of aryl methyl sites for hydroxylation is 1. The van der Waals surface area contributed by atoms with E-state index in [1.54, 1.807) is 6.07 Å². The molecule has 0 aliphatic heterocycles. The number of aromatic nitrogens is 1. The molecule has 98 valence electrons. The zero-order valence-electron chi connectivity index (χ0n) is 10.8. The lowest BCUT2D eigenvalue weighted by Gasteiger charge is -2.21. The van der Waals surface area contributed by atoms with Gasteiger partial charge in [0.15, 0.2) is 0 Å². The van der Waals surface area contributed by atoms with E-state index >= 15 is 0 Å². The minimum absolute atomic E-state index is 0.158. The second kappa shape index (κ2) is 6.62. The first-order valence-corrected chi connectivity index (χ1v) is 6.95. The summed E-state index contributed by atoms with van der Waals surface area (Å²) in [5, 5.41) is 7.09. The van der Waals surface area contributed by atoms with Crippen LogP contribution in [0, 0.1) is 17.1 Å². The number of halogens is 1. The summed E-state index contributed by atoms with van der Waals surface area (Å²) in [7, 11) is 0. The van der Waals surface area contributed by atoms with Crippen molar-refractivity contribution in [3.63, 3.8) is 0 Å². The molecule has 0 aromatic carbocycles. The molecular formula is C15H21FN2. The average molecular weight is 248 g/mol. The molecule has 1 heterocycles. The average Bonchev–Trinajstić information content (AvgIpc) is 2.42. The summed E-state index contributed by atoms with van der Waals surface area (Å²) in [6, 6.07) is 3.16. The van der Waals surface area contributed by atoms with Crippen LogP contribution in [0.2, 0.25) is 0 Å². The third kappa shape index (κ3) is 3.62. The Morgan fingerprint density at radius 2 is 2.06 bits per heavy atom. The molecule has 1 aromatic heterocycles. The number of hydrogen-bond donors (Lipinski definition) is 1. The van der Waals surface area contributed by atoms with Crippen molar-refractivity contribution in [1.29, 1.82) is 5.41 Å². The summed E-state index contributed by atoms with van der Waals surface area (Å²) < 4.78 is 13.2. The van der Waals surface area contributed by atoms with Crippen LogP contribution in [0.25, 0.3) is 0 Å². The maximum atomic E-state index is 13.2. The topological polar surface area (TPSA) is 36.7 Å². The van der Waals surface area contributed by atoms with E-state index in [9.17, 15) is 4.39 Å². The lowest BCUT2D eigenvalue weighted by atomic mass is 9.85. The molecule has 1 N–H and O–H groups in total. The van der Waals surface area contributed by atoms with Crippen LogP contribution >= 0.6 is 0 Å². The van der Waals surface area contributed by atoms with E-state index in [1.165, 1.54) is 44.6 Å². The van der Waals surface area contributed by atoms with Crippen LogP contribution in [0.1, 0.15) is 56.3 Å². The molecule has 1 aliphatic rings. The number of rotatable bonds is 5. The maximum Gasteiger partial charge on any atom is 0.150 e. The second-order valence-corrected chi connectivity index (χ2v) is 5.21. The summed E-state index contributed by atoms with van der Waals surface area (Å²) in [4.78, 5) is 4.16. The fraction of sp³-hybridized carbons (Fsp3) is 0.600. The summed E-state index contributed by atoms with van der Waals surface area (Å²) >= 11 is 0. The van der Waals surface area contributed by atoms with Gasteiger partial charge in [-0.25, -0.2) is 9.37 Å². The number of nitrogens with one attached hydrogen (secondary N) is 1. The van der Waals surface area contributed by atoms with E-state index in [0.717, 1.165) is 30.7 Å². The third-order valence-corrected chi connectivity index (χ3v) is 3.84. The lowest BCUT2D eigenvalue weighted by molar-refractivity contribution is 0.332. The molecule has 0 unspecified atom stereocenters. The Labute approximate surface area is 108 Å². The van der Waals surface area contributed by atoms with Crippen molar-refractivity contribution in [2.45, 2.75) is 51.4 Å². The Balaban J connectivity index is 1.80. The van der Waals surface area contributed by atoms with Crippen LogP contribution in [0.5, 0.6) is 0 Å². The normalized spacial score (nSPS) is 16.7. The van der Waals surface area contributed by atoms with Crippen molar-refractivity contribution >= 4 is 6.21 Å². The minimum Gasteiger partial charge on any atom is -0.306 e. The fourth-order valence-corrected chi connectivity index (χ4v) is 2.79. The van der Waals surface area contributed by atoms with Gasteiger partial charge in [0.25, 0.3) is 0 Å². The Kier molecular flexibility index (Phi) is 4.85. The van der Waals surface area contributed by atoms with Gasteiger partial charge < -0.3 is 5.41 Å². The molecular weight excluding hydrogens is 227 g/mol. The highest BCUT2D eigenvalue weighted by atomic mass is 19.1. The molecule has 1 aromatic rings. The van der Waals surface area contributed by atoms with Gasteiger partial charge in [-0.1, -0.05) is 38.5 Å². The van der Waals surface area contributed by atoms with Crippen molar-refractivity contribution in [3.05, 3.63) is 29.3 Å². The number of nitrogens with zero attached hydrogens (tertiary/aromatic N) is 1. The van der Waals surface area contributed by atoms with Gasteiger partial charge in [-0.3, -0.25) is 0 Å². The molecule has 18 heavy (non-hydrogen) atoms. The van der Waals surface area contributed by atoms with E-state index in [0.29, 0.717) is 0 Å². The fourth-order valence-electron chi connectivity index (χ4n) is 2.79. The van der Waals surface area contributed by atoms with Gasteiger partial charge in [0.2, 0.25) is 0 Å². The first-order chi connectivity index (χ1) is 8.79. The van der Waals surface area contributed by atoms with Gasteiger partial charge in [-0.15, -0.1) is 0 Å². The third-order valence-electron chi connectivity index (χ3n) is 3.84. The molecule has 0 atom stereocenters. The molecule has 2 nitrogen and oxygen atoms in total. The second-order valence-electron chi connectivity index (χ2n) is 5.21. The molecule has 2 rings (SSSR count). The first kappa shape index (κ1) is 13.2. The van der Waals surface area contributed by atoms with Gasteiger partial charge in [0.05, 0.1) is 0 Å². The molecule has 0 spiro atoms. The molecule has 0 saturated heterocycles. The predicted molar refractivity (Wildman–Crippen MR) is 71.6 cm³/mol. The lowest BCUT2D eigenvalue weighted by Crippen LogP contribution is -2.07. The van der Waals surface area contributed by atoms with Crippen LogP contribution in [-0.2, 0) is 6.42 Å². The van der Waals surface area contributed by atoms with Gasteiger partial charge in [0, 0.05) is 11.9 Å². The molecule has 1 fully saturated rings. The van der Waals surface area contributed by atoms with Crippen molar-refractivity contribution < 1.29 is 4.39 Å². The van der Waals surface area contributed by atoms with Crippen molar-refractivity contribution in [2.24, 2.45) is 5.92 Å². The van der Waals surface area contributed by atoms with Crippen molar-refractivity contribution in [2.75, 3.05) is 0 Å². The summed E-state index contributed by atoms with van der Waals surface area (Å²) in [5.41, 5.74) is 1.07. The Hall–Kier alpha value is -1.25. The van der Waals surface area contributed by atoms with Crippen molar-refractivity contribution in [3.8, 4) is 0 Å². The van der Waals surface area contributed by atoms with Gasteiger partial charge in [0.1, 0.15) is 11.5 Å². The summed E-state index contributed by atoms with van der Waals surface area (Å²) in [6.07, 6.45) is 11.2. The molecule has 0 bridgehead atoms. The highest BCUT2D eigenvalue weighted by molar-refractivity contribution is 5.74. The summed E-state index contributed by atoms with van der Waals surface area (Å²) in [6.45, 7) is 0. The standard InChI is InChI=1S/C15H21FN2/c16-14-10-9-13(18-15(14)11-17)8-4-7-12-5-2-1-3-6-12/h9-12,17H,1-8H2. The van der Waals surface area contributed by atoms with E-state index in [4.69, 9.17) is 5.41 Å². The Bertz CT molecular complexity index is 397. The minimum atomic E-state index is -0.402. The largest absolute Gasteiger partial charge is 0.306 e. The SMILES string of the molecule is N=Cc1nc(CCCC2CCCCC2)ccc1F. The Morgan fingerprint density at radius 3 is 2.78 bits per heavy atom.